The largest absolute Gasteiger partial charge is 0.489 e. The number of carboxylic acid groups (broad SMARTS) is 1. The molecule has 12 heteroatoms. The van der Waals surface area contributed by atoms with E-state index in [0.29, 0.717) is 59.9 Å². The maximum atomic E-state index is 13.3. The molecular formula is C24H22F3N5O4. The molecule has 0 bridgehead atoms. The van der Waals surface area contributed by atoms with Crippen LogP contribution in [0.4, 0.5) is 29.3 Å². The summed E-state index contributed by atoms with van der Waals surface area (Å²) in [5.74, 6) is -0.00263. The molecule has 188 valence electrons. The lowest BCUT2D eigenvalue weighted by molar-refractivity contribution is -0.137. The number of ether oxygens (including phenoxy) is 1. The van der Waals surface area contributed by atoms with Gasteiger partial charge in [0.05, 0.1) is 34.7 Å². The smallest absolute Gasteiger partial charge is 0.416 e. The number of amides is 2. The Morgan fingerprint density at radius 3 is 2.86 bits per heavy atom. The van der Waals surface area contributed by atoms with Crippen LogP contribution in [0.15, 0.2) is 42.7 Å². The molecule has 4 N–H and O–H groups in total. The number of H-pyrrole nitrogens is 1. The Hall–Kier alpha value is -4.22. The van der Waals surface area contributed by atoms with Gasteiger partial charge in [-0.2, -0.15) is 13.2 Å². The molecule has 1 aromatic carbocycles. The molecular weight excluding hydrogens is 479 g/mol. The van der Waals surface area contributed by atoms with E-state index in [2.05, 4.69) is 20.6 Å². The van der Waals surface area contributed by atoms with Crippen molar-refractivity contribution in [2.24, 2.45) is 0 Å². The van der Waals surface area contributed by atoms with E-state index in [1.165, 1.54) is 29.4 Å². The minimum absolute atomic E-state index is 0.113. The van der Waals surface area contributed by atoms with Crippen LogP contribution in [0.3, 0.4) is 0 Å². The monoisotopic (exact) mass is 501 g/mol. The molecule has 0 radical (unpaired) electrons. The maximum absolute atomic E-state index is 13.3. The lowest BCUT2D eigenvalue weighted by atomic mass is 10.0. The number of benzene rings is 1. The Morgan fingerprint density at radius 1 is 1.31 bits per heavy atom. The van der Waals surface area contributed by atoms with Crippen molar-refractivity contribution in [3.63, 3.8) is 0 Å². The van der Waals surface area contributed by atoms with Crippen molar-refractivity contribution >= 4 is 23.4 Å². The van der Waals surface area contributed by atoms with E-state index in [1.54, 1.807) is 6.07 Å². The number of carbonyl (C=O) groups excluding carboxylic acids is 1. The number of halogens is 3. The number of anilines is 2. The van der Waals surface area contributed by atoms with Crippen molar-refractivity contribution in [3.05, 3.63) is 59.5 Å². The van der Waals surface area contributed by atoms with Crippen molar-refractivity contribution in [3.8, 4) is 17.0 Å². The third-order valence-electron chi connectivity index (χ3n) is 6.30. The van der Waals surface area contributed by atoms with Gasteiger partial charge in [-0.15, -0.1) is 0 Å². The van der Waals surface area contributed by atoms with Crippen LogP contribution in [0, 0.1) is 0 Å². The number of nitrogens with one attached hydrogen (secondary N) is 3. The highest BCUT2D eigenvalue weighted by Crippen LogP contribution is 2.41. The molecule has 1 saturated heterocycles. The summed E-state index contributed by atoms with van der Waals surface area (Å²) in [6, 6.07) is 6.10. The summed E-state index contributed by atoms with van der Waals surface area (Å²) >= 11 is 0. The number of fused-ring (bicyclic) bond motifs is 1. The standard InChI is InChI=1S/C24H22F3N5O4/c25-24(26,27)13-2-1-3-14(10-13)30-21-19-17(5-8-29-22(19)33)31-20(21)16-4-7-28-11-18(16)36-12-15-6-9-32(15)23(34)35/h1-4,7,10-11,15,30-31H,5-6,8-9,12H2,(H,29,33)(H,34,35)/t15-/m1/s1. The summed E-state index contributed by atoms with van der Waals surface area (Å²) in [7, 11) is 0. The van der Waals surface area contributed by atoms with Crippen LogP contribution in [0.2, 0.25) is 0 Å². The molecule has 3 aromatic rings. The molecule has 0 aliphatic carbocycles. The van der Waals surface area contributed by atoms with Crippen LogP contribution in [0.25, 0.3) is 11.3 Å². The molecule has 0 spiro atoms. The number of pyridine rings is 1. The van der Waals surface area contributed by atoms with Gasteiger partial charge in [0, 0.05) is 42.7 Å². The molecule has 2 aliphatic rings. The van der Waals surface area contributed by atoms with Gasteiger partial charge in [-0.25, -0.2) is 4.79 Å². The van der Waals surface area contributed by atoms with E-state index < -0.39 is 17.8 Å². The molecule has 1 fully saturated rings. The molecule has 0 saturated carbocycles. The fourth-order valence-corrected chi connectivity index (χ4v) is 4.38. The molecule has 5 rings (SSSR count). The zero-order chi connectivity index (χ0) is 25.4. The van der Waals surface area contributed by atoms with E-state index in [4.69, 9.17) is 4.74 Å². The molecule has 2 aromatic heterocycles. The average Bonchev–Trinajstić information content (AvgIpc) is 3.17. The SMILES string of the molecule is O=C1NCCc2[nH]c(-c3ccncc3OC[C@H]3CCN3C(=O)O)c(Nc3cccc(C(F)(F)F)c3)c21. The number of nitrogens with zero attached hydrogens (tertiary/aromatic N) is 2. The molecule has 0 unspecified atom stereocenters. The highest BCUT2D eigenvalue weighted by molar-refractivity contribution is 6.06. The maximum Gasteiger partial charge on any atom is 0.416 e. The lowest BCUT2D eigenvalue weighted by Gasteiger charge is -2.38. The first-order valence-corrected chi connectivity index (χ1v) is 11.3. The van der Waals surface area contributed by atoms with E-state index in [0.717, 1.165) is 12.1 Å². The van der Waals surface area contributed by atoms with E-state index in [9.17, 15) is 27.9 Å². The molecule has 4 heterocycles. The third kappa shape index (κ3) is 4.41. The van der Waals surface area contributed by atoms with Gasteiger partial charge in [-0.05, 0) is 30.7 Å². The summed E-state index contributed by atoms with van der Waals surface area (Å²) in [6.07, 6.45) is -1.35. The van der Waals surface area contributed by atoms with Gasteiger partial charge in [0.2, 0.25) is 0 Å². The summed E-state index contributed by atoms with van der Waals surface area (Å²) < 4.78 is 45.8. The summed E-state index contributed by atoms with van der Waals surface area (Å²) in [5, 5.41) is 15.0. The topological polar surface area (TPSA) is 120 Å². The van der Waals surface area contributed by atoms with Gasteiger partial charge in [0.15, 0.2) is 0 Å². The Kier molecular flexibility index (Phi) is 5.94. The number of likely N-dealkylation sites (tertiary alicyclic amines) is 1. The minimum Gasteiger partial charge on any atom is -0.489 e. The zero-order valence-corrected chi connectivity index (χ0v) is 18.9. The number of carbonyl (C=O) groups is 2. The van der Waals surface area contributed by atoms with Gasteiger partial charge in [-0.3, -0.25) is 9.78 Å². The predicted octanol–water partition coefficient (Wildman–Crippen LogP) is 4.26. The van der Waals surface area contributed by atoms with E-state index in [-0.39, 0.29) is 24.2 Å². The number of rotatable bonds is 6. The minimum atomic E-state index is -4.52. The Morgan fingerprint density at radius 2 is 2.14 bits per heavy atom. The third-order valence-corrected chi connectivity index (χ3v) is 6.30. The Bertz CT molecular complexity index is 1320. The molecule has 2 amide bonds. The van der Waals surface area contributed by atoms with Crippen molar-refractivity contribution in [1.82, 2.24) is 20.2 Å². The van der Waals surface area contributed by atoms with Crippen LogP contribution >= 0.6 is 0 Å². The van der Waals surface area contributed by atoms with Gasteiger partial charge >= 0.3 is 12.3 Å². The second kappa shape index (κ2) is 9.10. The van der Waals surface area contributed by atoms with Crippen molar-refractivity contribution in [2.75, 3.05) is 25.0 Å². The Labute approximate surface area is 203 Å². The highest BCUT2D eigenvalue weighted by atomic mass is 19.4. The van der Waals surface area contributed by atoms with Crippen molar-refractivity contribution < 1.29 is 32.6 Å². The first-order valence-electron chi connectivity index (χ1n) is 11.3. The summed E-state index contributed by atoms with van der Waals surface area (Å²) in [4.78, 5) is 32.7. The first kappa shape index (κ1) is 23.5. The molecule has 36 heavy (non-hydrogen) atoms. The summed E-state index contributed by atoms with van der Waals surface area (Å²) in [5.41, 5.74) is 1.59. The predicted molar refractivity (Wildman–Crippen MR) is 123 cm³/mol. The van der Waals surface area contributed by atoms with Gasteiger partial charge in [-0.1, -0.05) is 6.07 Å². The van der Waals surface area contributed by atoms with E-state index in [1.807, 2.05) is 0 Å². The van der Waals surface area contributed by atoms with Gasteiger partial charge < -0.3 is 30.4 Å². The highest BCUT2D eigenvalue weighted by Gasteiger charge is 2.34. The fourth-order valence-electron chi connectivity index (χ4n) is 4.38. The van der Waals surface area contributed by atoms with Crippen molar-refractivity contribution in [2.45, 2.75) is 25.1 Å². The average molecular weight is 501 g/mol. The molecule has 1 atom stereocenters. The molecule has 2 aliphatic heterocycles. The quantitative estimate of drug-likeness (QED) is 0.401. The summed E-state index contributed by atoms with van der Waals surface area (Å²) in [6.45, 7) is 0.969. The van der Waals surface area contributed by atoms with E-state index >= 15 is 0 Å². The second-order valence-electron chi connectivity index (χ2n) is 8.54. The van der Waals surface area contributed by atoms with Crippen LogP contribution < -0.4 is 15.4 Å². The number of hydrogen-bond acceptors (Lipinski definition) is 5. The normalized spacial score (nSPS) is 17.1. The lowest BCUT2D eigenvalue weighted by Crippen LogP contribution is -2.53. The van der Waals surface area contributed by atoms with Crippen LogP contribution in [0.1, 0.15) is 28.0 Å². The van der Waals surface area contributed by atoms with Gasteiger partial charge in [0.1, 0.15) is 12.4 Å². The fraction of sp³-hybridized carbons (Fsp3) is 0.292. The van der Waals surface area contributed by atoms with Crippen LogP contribution in [-0.4, -0.2) is 57.7 Å². The van der Waals surface area contributed by atoms with Crippen LogP contribution in [0.5, 0.6) is 5.75 Å². The first-order chi connectivity index (χ1) is 17.2. The van der Waals surface area contributed by atoms with Gasteiger partial charge in [0.25, 0.3) is 5.91 Å². The molecule has 9 nitrogen and oxygen atoms in total. The zero-order valence-electron chi connectivity index (χ0n) is 18.9. The number of aromatic nitrogens is 2. The van der Waals surface area contributed by atoms with Crippen molar-refractivity contribution in [1.29, 1.82) is 0 Å². The second-order valence-corrected chi connectivity index (χ2v) is 8.54. The number of alkyl halides is 3. The number of hydrogen-bond donors (Lipinski definition) is 4. The number of aromatic amines is 1. The Balaban J connectivity index is 1.52. The van der Waals surface area contributed by atoms with Crippen LogP contribution in [-0.2, 0) is 12.6 Å².